The van der Waals surface area contributed by atoms with Gasteiger partial charge in [0.15, 0.2) is 5.82 Å². The van der Waals surface area contributed by atoms with Crippen LogP contribution in [-0.4, -0.2) is 28.4 Å². The zero-order chi connectivity index (χ0) is 27.2. The predicted molar refractivity (Wildman–Crippen MR) is 140 cm³/mol. The number of hydrogen-bond acceptors (Lipinski definition) is 5. The summed E-state index contributed by atoms with van der Waals surface area (Å²) in [5.74, 6) is -1.35. The van der Waals surface area contributed by atoms with E-state index in [-0.39, 0.29) is 29.4 Å². The second-order valence-corrected chi connectivity index (χ2v) is 9.67. The smallest absolute Gasteiger partial charge is 0.248 e. The predicted octanol–water partition coefficient (Wildman–Crippen LogP) is 5.57. The van der Waals surface area contributed by atoms with Crippen LogP contribution in [0, 0.1) is 12.7 Å². The second kappa shape index (κ2) is 12.0. The molecule has 0 aliphatic heterocycles. The number of nitrogens with one attached hydrogen (secondary N) is 2. The lowest BCUT2D eigenvalue weighted by Gasteiger charge is -2.35. The second-order valence-electron chi connectivity index (χ2n) is 9.27. The first-order chi connectivity index (χ1) is 17.5. The highest BCUT2D eigenvalue weighted by atomic mass is 35.5. The van der Waals surface area contributed by atoms with E-state index in [1.165, 1.54) is 23.1 Å². The molecule has 3 aromatic rings. The van der Waals surface area contributed by atoms with Gasteiger partial charge in [0.25, 0.3) is 0 Å². The maximum Gasteiger partial charge on any atom is 0.248 e. The molecule has 0 radical (unpaired) electrons. The van der Waals surface area contributed by atoms with Crippen molar-refractivity contribution in [1.29, 1.82) is 0 Å². The van der Waals surface area contributed by atoms with Gasteiger partial charge in [0.2, 0.25) is 17.7 Å². The number of amides is 3. The highest BCUT2D eigenvalue weighted by Gasteiger charge is 2.36. The van der Waals surface area contributed by atoms with Crippen LogP contribution in [0.4, 0.5) is 15.9 Å². The Bertz CT molecular complexity index is 1280. The summed E-state index contributed by atoms with van der Waals surface area (Å²) in [6, 6.07) is 12.4. The Kier molecular flexibility index (Phi) is 9.04. The van der Waals surface area contributed by atoms with E-state index in [1.54, 1.807) is 37.3 Å². The lowest BCUT2D eigenvalue weighted by atomic mass is 9.98. The van der Waals surface area contributed by atoms with Gasteiger partial charge >= 0.3 is 0 Å². The highest BCUT2D eigenvalue weighted by Crippen LogP contribution is 2.33. The maximum absolute atomic E-state index is 14.3. The van der Waals surface area contributed by atoms with Crippen LogP contribution < -0.4 is 15.5 Å². The number of aryl methyl sites for hydroxylation is 1. The van der Waals surface area contributed by atoms with Crippen LogP contribution >= 0.6 is 11.6 Å². The van der Waals surface area contributed by atoms with Crippen molar-refractivity contribution in [1.82, 2.24) is 10.5 Å². The number of hydrogen-bond donors (Lipinski definition) is 2. The summed E-state index contributed by atoms with van der Waals surface area (Å²) in [6.45, 7) is 7.33. The van der Waals surface area contributed by atoms with Gasteiger partial charge in [0, 0.05) is 40.7 Å². The highest BCUT2D eigenvalue weighted by molar-refractivity contribution is 6.31. The zero-order valence-corrected chi connectivity index (χ0v) is 21.9. The fourth-order valence-corrected chi connectivity index (χ4v) is 3.86. The van der Waals surface area contributed by atoms with Gasteiger partial charge in [0.1, 0.15) is 17.6 Å². The van der Waals surface area contributed by atoms with E-state index in [0.29, 0.717) is 17.7 Å². The van der Waals surface area contributed by atoms with Crippen molar-refractivity contribution in [3.63, 3.8) is 0 Å². The molecule has 0 fully saturated rings. The van der Waals surface area contributed by atoms with Gasteiger partial charge in [-0.15, -0.1) is 0 Å². The molecule has 0 saturated carbocycles. The Morgan fingerprint density at radius 1 is 1.11 bits per heavy atom. The summed E-state index contributed by atoms with van der Waals surface area (Å²) in [5.41, 5.74) is -0.0522. The van der Waals surface area contributed by atoms with Crippen LogP contribution in [0.1, 0.15) is 57.4 Å². The fraction of sp³-hybridized carbons (Fsp3) is 0.333. The first-order valence-corrected chi connectivity index (χ1v) is 12.3. The van der Waals surface area contributed by atoms with Gasteiger partial charge in [-0.25, -0.2) is 4.39 Å². The van der Waals surface area contributed by atoms with Crippen LogP contribution in [0.2, 0.25) is 5.02 Å². The Balaban J connectivity index is 1.98. The topological polar surface area (TPSA) is 105 Å². The Morgan fingerprint density at radius 2 is 1.84 bits per heavy atom. The molecule has 0 aliphatic carbocycles. The van der Waals surface area contributed by atoms with Crippen LogP contribution in [0.15, 0.2) is 59.1 Å². The minimum atomic E-state index is -1.21. The van der Waals surface area contributed by atoms with Crippen molar-refractivity contribution in [2.45, 2.75) is 58.5 Å². The molecule has 1 unspecified atom stereocenters. The van der Waals surface area contributed by atoms with Crippen LogP contribution in [0.25, 0.3) is 0 Å². The third kappa shape index (κ3) is 7.39. The average molecular weight is 529 g/mol. The Labute approximate surface area is 220 Å². The molecule has 0 spiro atoms. The fourth-order valence-electron chi connectivity index (χ4n) is 3.62. The molecule has 10 heteroatoms. The normalized spacial score (nSPS) is 12.1. The number of benzene rings is 2. The molecule has 1 aromatic heterocycles. The van der Waals surface area contributed by atoms with Gasteiger partial charge in [0.05, 0.1) is 0 Å². The van der Waals surface area contributed by atoms with Crippen molar-refractivity contribution >= 4 is 40.8 Å². The van der Waals surface area contributed by atoms with Crippen molar-refractivity contribution < 1.29 is 23.3 Å². The minimum Gasteiger partial charge on any atom is -0.360 e. The summed E-state index contributed by atoms with van der Waals surface area (Å²) in [4.78, 5) is 41.0. The van der Waals surface area contributed by atoms with E-state index in [1.807, 2.05) is 20.8 Å². The Hall–Kier alpha value is -3.72. The standard InChI is InChI=1S/C27H30ClFN4O4/c1-5-27(3,4)31-26(36)25(20-11-6-7-12-21(20)28)33(19-10-8-9-18(29)16-19)24(35)14-13-23(34)30-22-15-17(2)37-32-22/h6-12,15-16,25H,5,13-14H2,1-4H3,(H,31,36)(H,30,32,34). The first kappa shape index (κ1) is 27.9. The van der Waals surface area contributed by atoms with Crippen LogP contribution in [-0.2, 0) is 14.4 Å². The summed E-state index contributed by atoms with van der Waals surface area (Å²) >= 11 is 6.48. The monoisotopic (exact) mass is 528 g/mol. The van der Waals surface area contributed by atoms with E-state index >= 15 is 0 Å². The van der Waals surface area contributed by atoms with Crippen LogP contribution in [0.5, 0.6) is 0 Å². The average Bonchev–Trinajstić information content (AvgIpc) is 3.25. The van der Waals surface area contributed by atoms with E-state index in [0.717, 1.165) is 6.07 Å². The van der Waals surface area contributed by atoms with Gasteiger partial charge in [-0.2, -0.15) is 0 Å². The van der Waals surface area contributed by atoms with Gasteiger partial charge < -0.3 is 15.2 Å². The molecular formula is C27H30ClFN4O4. The molecule has 37 heavy (non-hydrogen) atoms. The number of carbonyl (C=O) groups excluding carboxylic acids is 3. The van der Waals surface area contributed by atoms with Gasteiger partial charge in [-0.05, 0) is 51.5 Å². The number of nitrogens with zero attached hydrogens (tertiary/aromatic N) is 2. The molecule has 3 rings (SSSR count). The number of anilines is 2. The van der Waals surface area contributed by atoms with Crippen LogP contribution in [0.3, 0.4) is 0 Å². The molecule has 0 saturated heterocycles. The van der Waals surface area contributed by atoms with Gasteiger partial charge in [-0.3, -0.25) is 19.3 Å². The number of carbonyl (C=O) groups is 3. The molecule has 1 atom stereocenters. The van der Waals surface area contributed by atoms with Crippen molar-refractivity contribution in [2.75, 3.05) is 10.2 Å². The van der Waals surface area contributed by atoms with E-state index in [2.05, 4.69) is 15.8 Å². The zero-order valence-electron chi connectivity index (χ0n) is 21.2. The first-order valence-electron chi connectivity index (χ1n) is 11.9. The third-order valence-corrected chi connectivity index (χ3v) is 6.21. The maximum atomic E-state index is 14.3. The molecular weight excluding hydrogens is 499 g/mol. The summed E-state index contributed by atoms with van der Waals surface area (Å²) in [5, 5.41) is 9.51. The van der Waals surface area contributed by atoms with E-state index < -0.39 is 35.1 Å². The number of halogens is 2. The lowest BCUT2D eigenvalue weighted by Crippen LogP contribution is -2.50. The van der Waals surface area contributed by atoms with Gasteiger partial charge in [-0.1, -0.05) is 47.9 Å². The SMILES string of the molecule is CCC(C)(C)NC(=O)C(c1ccccc1Cl)N(C(=O)CCC(=O)Nc1cc(C)on1)c1cccc(F)c1. The molecule has 196 valence electrons. The summed E-state index contributed by atoms with van der Waals surface area (Å²) in [7, 11) is 0. The van der Waals surface area contributed by atoms with Crippen molar-refractivity contribution in [3.05, 3.63) is 76.8 Å². The summed E-state index contributed by atoms with van der Waals surface area (Å²) < 4.78 is 19.2. The molecule has 2 N–H and O–H groups in total. The van der Waals surface area contributed by atoms with E-state index in [9.17, 15) is 18.8 Å². The Morgan fingerprint density at radius 3 is 2.46 bits per heavy atom. The molecule has 3 amide bonds. The molecule has 0 bridgehead atoms. The molecule has 8 nitrogen and oxygen atoms in total. The lowest BCUT2D eigenvalue weighted by molar-refractivity contribution is -0.128. The van der Waals surface area contributed by atoms with Crippen molar-refractivity contribution in [2.24, 2.45) is 0 Å². The molecule has 1 heterocycles. The largest absolute Gasteiger partial charge is 0.360 e. The number of rotatable bonds is 10. The van der Waals surface area contributed by atoms with Crippen molar-refractivity contribution in [3.8, 4) is 0 Å². The van der Waals surface area contributed by atoms with E-state index in [4.69, 9.17) is 16.1 Å². The molecule has 0 aliphatic rings. The quantitative estimate of drug-likeness (QED) is 0.358. The minimum absolute atomic E-state index is 0.159. The molecule has 2 aromatic carbocycles. The third-order valence-electron chi connectivity index (χ3n) is 5.87. The number of aromatic nitrogens is 1. The summed E-state index contributed by atoms with van der Waals surface area (Å²) in [6.07, 6.45) is 0.169.